The van der Waals surface area contributed by atoms with E-state index in [-0.39, 0.29) is 25.3 Å². The number of hydrogen-bond donors (Lipinski definition) is 5. The van der Waals surface area contributed by atoms with Crippen LogP contribution < -0.4 is 11.1 Å². The Hall–Kier alpha value is -3.20. The summed E-state index contributed by atoms with van der Waals surface area (Å²) in [6.45, 7) is 0.197. The van der Waals surface area contributed by atoms with Crippen molar-refractivity contribution in [1.29, 1.82) is 0 Å². The molecule has 0 aliphatic rings. The predicted octanol–water partition coefficient (Wildman–Crippen LogP) is 0.433. The van der Waals surface area contributed by atoms with Gasteiger partial charge in [0.2, 0.25) is 5.91 Å². The Morgan fingerprint density at radius 1 is 1.24 bits per heavy atom. The van der Waals surface area contributed by atoms with Gasteiger partial charge in [0.15, 0.2) is 0 Å². The number of aromatic amines is 2. The van der Waals surface area contributed by atoms with Gasteiger partial charge in [-0.15, -0.1) is 0 Å². The number of benzene rings is 1. The minimum atomic E-state index is -1.08. The zero-order valence-corrected chi connectivity index (χ0v) is 13.5. The molecule has 2 heterocycles. The number of carbonyl (C=O) groups excluding carboxylic acids is 1. The zero-order chi connectivity index (χ0) is 18.1. The van der Waals surface area contributed by atoms with E-state index < -0.39 is 12.0 Å². The molecule has 0 saturated heterocycles. The van der Waals surface area contributed by atoms with Crippen molar-refractivity contribution in [3.8, 4) is 0 Å². The van der Waals surface area contributed by atoms with E-state index in [4.69, 9.17) is 10.8 Å². The number of hydrogen-bond acceptors (Lipinski definition) is 5. The van der Waals surface area contributed by atoms with E-state index in [1.54, 1.807) is 6.33 Å². The molecule has 9 nitrogen and oxygen atoms in total. The molecular formula is C16H20N6O3. The molecule has 1 atom stereocenters. The average molecular weight is 344 g/mol. The smallest absolute Gasteiger partial charge is 0.326 e. The van der Waals surface area contributed by atoms with Crippen LogP contribution >= 0.6 is 0 Å². The molecule has 25 heavy (non-hydrogen) atoms. The Bertz CT molecular complexity index is 769. The largest absolute Gasteiger partial charge is 0.480 e. The Morgan fingerprint density at radius 2 is 2.04 bits per heavy atom. The maximum absolute atomic E-state index is 11.2. The summed E-state index contributed by atoms with van der Waals surface area (Å²) in [5.41, 5.74) is 7.97. The van der Waals surface area contributed by atoms with E-state index in [2.05, 4.69) is 25.3 Å². The van der Waals surface area contributed by atoms with Gasteiger partial charge in [-0.2, -0.15) is 0 Å². The number of carboxylic acid groups (broad SMARTS) is 1. The highest BCUT2D eigenvalue weighted by molar-refractivity contribution is 5.83. The van der Waals surface area contributed by atoms with E-state index >= 15 is 0 Å². The van der Waals surface area contributed by atoms with Crippen molar-refractivity contribution in [2.75, 3.05) is 6.54 Å². The fourth-order valence-electron chi connectivity index (χ4n) is 2.09. The molecule has 6 N–H and O–H groups in total. The van der Waals surface area contributed by atoms with Gasteiger partial charge in [0.05, 0.1) is 23.7 Å². The third kappa shape index (κ3) is 5.74. The molecule has 0 spiro atoms. The lowest BCUT2D eigenvalue weighted by molar-refractivity contribution is -0.141. The number of nitrogens with one attached hydrogen (secondary N) is 3. The first-order chi connectivity index (χ1) is 12.1. The highest BCUT2D eigenvalue weighted by atomic mass is 16.4. The molecule has 3 aromatic rings. The number of amides is 1. The van der Waals surface area contributed by atoms with Crippen molar-refractivity contribution in [2.24, 2.45) is 5.73 Å². The van der Waals surface area contributed by atoms with Crippen LogP contribution in [0.5, 0.6) is 0 Å². The third-order valence-corrected chi connectivity index (χ3v) is 3.31. The molecule has 1 amide bonds. The monoisotopic (exact) mass is 344 g/mol. The Morgan fingerprint density at radius 3 is 2.68 bits per heavy atom. The number of carboxylic acids is 1. The van der Waals surface area contributed by atoms with Gasteiger partial charge in [-0.05, 0) is 12.1 Å². The number of nitrogens with two attached hydrogens (primary N) is 1. The molecule has 0 aliphatic carbocycles. The van der Waals surface area contributed by atoms with Crippen LogP contribution in [-0.2, 0) is 16.0 Å². The van der Waals surface area contributed by atoms with E-state index in [1.165, 1.54) is 12.5 Å². The van der Waals surface area contributed by atoms with Gasteiger partial charge in [0, 0.05) is 31.3 Å². The Kier molecular flexibility index (Phi) is 6.66. The lowest BCUT2D eigenvalue weighted by atomic mass is 10.1. The van der Waals surface area contributed by atoms with Crippen LogP contribution in [0, 0.1) is 0 Å². The topological polar surface area (TPSA) is 150 Å². The Labute approximate surface area is 143 Å². The summed E-state index contributed by atoms with van der Waals surface area (Å²) < 4.78 is 0. The second-order valence-electron chi connectivity index (χ2n) is 5.20. The first-order valence-electron chi connectivity index (χ1n) is 7.67. The molecule has 0 saturated carbocycles. The third-order valence-electron chi connectivity index (χ3n) is 3.31. The lowest BCUT2D eigenvalue weighted by Crippen LogP contribution is -2.42. The molecule has 132 valence electrons. The molecule has 9 heteroatoms. The minimum absolute atomic E-state index is 0.118. The molecule has 0 fully saturated rings. The van der Waals surface area contributed by atoms with Crippen LogP contribution in [-0.4, -0.2) is 49.5 Å². The second-order valence-corrected chi connectivity index (χ2v) is 5.20. The number of nitrogens with zero attached hydrogens (tertiary/aromatic N) is 2. The van der Waals surface area contributed by atoms with Crippen molar-refractivity contribution in [2.45, 2.75) is 18.9 Å². The molecular weight excluding hydrogens is 324 g/mol. The fraction of sp³-hybridized carbons (Fsp3) is 0.250. The van der Waals surface area contributed by atoms with Crippen LogP contribution in [0.4, 0.5) is 0 Å². The summed E-state index contributed by atoms with van der Waals surface area (Å²) in [7, 11) is 0. The number of H-pyrrole nitrogens is 2. The van der Waals surface area contributed by atoms with Gasteiger partial charge in [0.25, 0.3) is 0 Å². The zero-order valence-electron chi connectivity index (χ0n) is 13.5. The van der Waals surface area contributed by atoms with Crippen LogP contribution in [0.25, 0.3) is 11.0 Å². The molecule has 1 aromatic carbocycles. The van der Waals surface area contributed by atoms with Crippen molar-refractivity contribution in [3.63, 3.8) is 0 Å². The maximum Gasteiger partial charge on any atom is 0.326 e. The lowest BCUT2D eigenvalue weighted by Gasteiger charge is -2.13. The normalized spacial score (nSPS) is 11.4. The molecule has 3 rings (SSSR count). The number of para-hydroxylation sites is 2. The number of aromatic nitrogens is 4. The van der Waals surface area contributed by atoms with E-state index in [0.717, 1.165) is 11.0 Å². The number of imidazole rings is 2. The van der Waals surface area contributed by atoms with Crippen LogP contribution in [0.2, 0.25) is 0 Å². The summed E-state index contributed by atoms with van der Waals surface area (Å²) in [6.07, 6.45) is 4.96. The summed E-state index contributed by atoms with van der Waals surface area (Å²) in [5.74, 6) is -1.45. The van der Waals surface area contributed by atoms with Crippen molar-refractivity contribution in [3.05, 3.63) is 48.8 Å². The van der Waals surface area contributed by atoms with Crippen molar-refractivity contribution < 1.29 is 14.7 Å². The van der Waals surface area contributed by atoms with Crippen LogP contribution in [0.15, 0.2) is 43.1 Å². The SMILES string of the molecule is NCCC(=O)NC(Cc1cnc[nH]1)C(=O)O.c1ccc2[nH]cnc2c1. The standard InChI is InChI=1S/C9H14N4O3.C7H6N2/c10-2-1-8(14)13-7(9(15)16)3-6-4-11-5-12-6;1-2-4-7-6(3-1)8-5-9-7/h4-5,7H,1-3,10H2,(H,11,12)(H,13,14)(H,15,16);1-5H,(H,8,9). The highest BCUT2D eigenvalue weighted by Gasteiger charge is 2.20. The number of rotatable bonds is 6. The molecule has 0 aliphatic heterocycles. The van der Waals surface area contributed by atoms with Crippen molar-refractivity contribution in [1.82, 2.24) is 25.3 Å². The average Bonchev–Trinajstić information content (AvgIpc) is 3.26. The summed E-state index contributed by atoms with van der Waals surface area (Å²) in [5, 5.41) is 11.3. The summed E-state index contributed by atoms with van der Waals surface area (Å²) >= 11 is 0. The van der Waals surface area contributed by atoms with Crippen LogP contribution in [0.1, 0.15) is 12.1 Å². The number of fused-ring (bicyclic) bond motifs is 1. The van der Waals surface area contributed by atoms with Crippen molar-refractivity contribution >= 4 is 22.9 Å². The van der Waals surface area contributed by atoms with E-state index in [9.17, 15) is 9.59 Å². The van der Waals surface area contributed by atoms with E-state index in [1.807, 2.05) is 24.3 Å². The minimum Gasteiger partial charge on any atom is -0.480 e. The first-order valence-corrected chi connectivity index (χ1v) is 7.67. The van der Waals surface area contributed by atoms with Gasteiger partial charge in [0.1, 0.15) is 6.04 Å². The molecule has 0 radical (unpaired) electrons. The highest BCUT2D eigenvalue weighted by Crippen LogP contribution is 2.05. The molecule has 0 bridgehead atoms. The quantitative estimate of drug-likeness (QED) is 0.438. The summed E-state index contributed by atoms with van der Waals surface area (Å²) in [4.78, 5) is 35.7. The van der Waals surface area contributed by atoms with E-state index in [0.29, 0.717) is 5.69 Å². The summed E-state index contributed by atoms with van der Waals surface area (Å²) in [6, 6.07) is 6.98. The van der Waals surface area contributed by atoms with Crippen LogP contribution in [0.3, 0.4) is 0 Å². The second kappa shape index (κ2) is 9.18. The number of aliphatic carboxylic acids is 1. The van der Waals surface area contributed by atoms with Gasteiger partial charge < -0.3 is 26.1 Å². The number of carbonyl (C=O) groups is 2. The predicted molar refractivity (Wildman–Crippen MR) is 91.6 cm³/mol. The van der Waals surface area contributed by atoms with Gasteiger partial charge in [-0.1, -0.05) is 12.1 Å². The molecule has 1 unspecified atom stereocenters. The van der Waals surface area contributed by atoms with Gasteiger partial charge in [-0.25, -0.2) is 14.8 Å². The van der Waals surface area contributed by atoms with Gasteiger partial charge >= 0.3 is 5.97 Å². The molecule has 2 aromatic heterocycles. The first kappa shape index (κ1) is 18.1. The fourth-order valence-corrected chi connectivity index (χ4v) is 2.09. The Balaban J connectivity index is 0.000000208. The van der Waals surface area contributed by atoms with Gasteiger partial charge in [-0.3, -0.25) is 4.79 Å². The maximum atomic E-state index is 11.2.